The lowest BCUT2D eigenvalue weighted by molar-refractivity contribution is -0.109. The van der Waals surface area contributed by atoms with Crippen molar-refractivity contribution in [2.24, 2.45) is 0 Å². The molecule has 0 aliphatic rings. The lowest BCUT2D eigenvalue weighted by Crippen LogP contribution is -2.30. The van der Waals surface area contributed by atoms with Crippen molar-refractivity contribution in [3.8, 4) is 5.75 Å². The van der Waals surface area contributed by atoms with Crippen molar-refractivity contribution in [1.29, 1.82) is 0 Å². The first-order valence-electron chi connectivity index (χ1n) is 6.49. The van der Waals surface area contributed by atoms with E-state index in [2.05, 4.69) is 16.2 Å². The van der Waals surface area contributed by atoms with E-state index in [9.17, 15) is 9.90 Å². The van der Waals surface area contributed by atoms with Crippen molar-refractivity contribution in [3.63, 3.8) is 0 Å². The second-order valence-corrected chi connectivity index (χ2v) is 4.86. The van der Waals surface area contributed by atoms with Crippen molar-refractivity contribution in [3.05, 3.63) is 48.5 Å². The summed E-state index contributed by atoms with van der Waals surface area (Å²) in [6.07, 6.45) is 0.563. The number of phenols is 1. The zero-order valence-corrected chi connectivity index (χ0v) is 12.7. The van der Waals surface area contributed by atoms with Gasteiger partial charge in [0, 0.05) is 18.4 Å². The highest BCUT2D eigenvalue weighted by Gasteiger charge is 2.07. The monoisotopic (exact) mass is 316 g/mol. The lowest BCUT2D eigenvalue weighted by Gasteiger charge is -2.21. The van der Waals surface area contributed by atoms with Crippen molar-refractivity contribution in [2.45, 2.75) is 0 Å². The number of aromatic hydroxyl groups is 1. The fourth-order valence-electron chi connectivity index (χ4n) is 1.75. The summed E-state index contributed by atoms with van der Waals surface area (Å²) >= 11 is 5.35. The predicted molar refractivity (Wildman–Crippen MR) is 92.0 cm³/mol. The Kier molecular flexibility index (Phi) is 5.16. The molecule has 0 fully saturated rings. The Labute approximate surface area is 133 Å². The summed E-state index contributed by atoms with van der Waals surface area (Å²) in [5.74, 6) is 0.211. The smallest absolute Gasteiger partial charge is 0.225 e. The number of carbonyl (C=O) groups excluding carboxylic acids is 1. The Balaban J connectivity index is 1.98. The Morgan fingerprint density at radius 1 is 1.09 bits per heavy atom. The first-order valence-corrected chi connectivity index (χ1v) is 6.90. The molecule has 0 aromatic heterocycles. The van der Waals surface area contributed by atoms with Gasteiger partial charge in [-0.05, 0) is 60.7 Å². The highest BCUT2D eigenvalue weighted by Crippen LogP contribution is 2.19. The average molecular weight is 316 g/mol. The molecule has 7 heteroatoms. The largest absolute Gasteiger partial charge is 0.508 e. The number of hydrazine groups is 1. The van der Waals surface area contributed by atoms with Gasteiger partial charge in [0.2, 0.25) is 6.41 Å². The maximum Gasteiger partial charge on any atom is 0.225 e. The summed E-state index contributed by atoms with van der Waals surface area (Å²) in [7, 11) is 1.84. The standard InChI is InChI=1S/C15H16N4O2S/c1-19(13-6-8-14(21)9-7-13)15(22)17-11-2-4-12(5-3-11)18-16-10-20/h2-10,18,21H,1H3,(H,16,20)(H,17,22). The predicted octanol–water partition coefficient (Wildman–Crippen LogP) is 2.30. The van der Waals surface area contributed by atoms with Gasteiger partial charge in [-0.3, -0.25) is 15.6 Å². The number of phenolic OH excluding ortho intramolecular Hbond substituents is 1. The first-order chi connectivity index (χ1) is 10.6. The molecule has 0 radical (unpaired) electrons. The minimum atomic E-state index is 0.211. The topological polar surface area (TPSA) is 76.6 Å². The molecule has 114 valence electrons. The molecular weight excluding hydrogens is 300 g/mol. The van der Waals surface area contributed by atoms with E-state index in [0.29, 0.717) is 11.5 Å². The Hall–Kier alpha value is -2.80. The number of hydrogen-bond donors (Lipinski definition) is 4. The minimum Gasteiger partial charge on any atom is -0.508 e. The van der Waals surface area contributed by atoms with E-state index in [4.69, 9.17) is 12.2 Å². The number of nitrogens with zero attached hydrogens (tertiary/aromatic N) is 1. The minimum absolute atomic E-state index is 0.211. The number of thiocarbonyl (C=S) groups is 1. The van der Waals surface area contributed by atoms with Crippen LogP contribution in [0.3, 0.4) is 0 Å². The van der Waals surface area contributed by atoms with Gasteiger partial charge in [0.25, 0.3) is 0 Å². The third-order valence-electron chi connectivity index (χ3n) is 2.95. The van der Waals surface area contributed by atoms with Gasteiger partial charge in [-0.2, -0.15) is 0 Å². The van der Waals surface area contributed by atoms with Crippen LogP contribution in [0, 0.1) is 0 Å². The van der Waals surface area contributed by atoms with Gasteiger partial charge in [0.15, 0.2) is 5.11 Å². The van der Waals surface area contributed by atoms with E-state index in [1.165, 1.54) is 0 Å². The van der Waals surface area contributed by atoms with E-state index >= 15 is 0 Å². The van der Waals surface area contributed by atoms with Gasteiger partial charge in [-0.1, -0.05) is 0 Å². The second kappa shape index (κ2) is 7.28. The zero-order valence-electron chi connectivity index (χ0n) is 11.9. The molecule has 0 bridgehead atoms. The van der Waals surface area contributed by atoms with Gasteiger partial charge in [0.05, 0.1) is 5.69 Å². The number of carbonyl (C=O) groups is 1. The molecular formula is C15H16N4O2S. The summed E-state index contributed by atoms with van der Waals surface area (Å²) in [5, 5.41) is 12.9. The normalized spacial score (nSPS) is 9.68. The van der Waals surface area contributed by atoms with Gasteiger partial charge >= 0.3 is 0 Å². The molecule has 0 unspecified atom stereocenters. The quantitative estimate of drug-likeness (QED) is 0.385. The SMILES string of the molecule is CN(C(=S)Nc1ccc(NNC=O)cc1)c1ccc(O)cc1. The number of amides is 1. The third kappa shape index (κ3) is 4.10. The van der Waals surface area contributed by atoms with Gasteiger partial charge in [-0.15, -0.1) is 0 Å². The summed E-state index contributed by atoms with van der Waals surface area (Å²) in [6.45, 7) is 0. The third-order valence-corrected chi connectivity index (χ3v) is 3.33. The fourth-order valence-corrected chi connectivity index (χ4v) is 1.97. The van der Waals surface area contributed by atoms with Crippen LogP contribution in [0.5, 0.6) is 5.75 Å². The van der Waals surface area contributed by atoms with E-state index < -0.39 is 0 Å². The molecule has 1 amide bonds. The highest BCUT2D eigenvalue weighted by molar-refractivity contribution is 7.80. The van der Waals surface area contributed by atoms with Crippen LogP contribution >= 0.6 is 12.2 Å². The van der Waals surface area contributed by atoms with Crippen LogP contribution in [0.25, 0.3) is 0 Å². The zero-order chi connectivity index (χ0) is 15.9. The molecule has 2 aromatic rings. The average Bonchev–Trinajstić information content (AvgIpc) is 2.54. The first kappa shape index (κ1) is 15.6. The maximum atomic E-state index is 10.2. The highest BCUT2D eigenvalue weighted by atomic mass is 32.1. The van der Waals surface area contributed by atoms with Crippen LogP contribution in [0.2, 0.25) is 0 Å². The van der Waals surface area contributed by atoms with E-state index in [1.807, 2.05) is 31.3 Å². The molecule has 0 aliphatic carbocycles. The number of rotatable bonds is 5. The molecule has 0 aliphatic heterocycles. The molecule has 0 saturated carbocycles. The molecule has 4 N–H and O–H groups in total. The summed E-state index contributed by atoms with van der Waals surface area (Å²) < 4.78 is 0. The second-order valence-electron chi connectivity index (χ2n) is 4.47. The van der Waals surface area contributed by atoms with Crippen molar-refractivity contribution >= 4 is 40.8 Å². The van der Waals surface area contributed by atoms with Crippen LogP contribution in [-0.2, 0) is 4.79 Å². The number of benzene rings is 2. The number of anilines is 3. The van der Waals surface area contributed by atoms with Crippen LogP contribution in [-0.4, -0.2) is 23.7 Å². The number of hydrogen-bond acceptors (Lipinski definition) is 4. The fraction of sp³-hybridized carbons (Fsp3) is 0.0667. The van der Waals surface area contributed by atoms with Crippen LogP contribution in [0.1, 0.15) is 0 Å². The molecule has 0 spiro atoms. The number of nitrogens with one attached hydrogen (secondary N) is 3. The van der Waals surface area contributed by atoms with Crippen molar-refractivity contribution < 1.29 is 9.90 Å². The molecule has 22 heavy (non-hydrogen) atoms. The van der Waals surface area contributed by atoms with Gasteiger partial charge < -0.3 is 15.3 Å². The van der Waals surface area contributed by atoms with Crippen LogP contribution in [0.4, 0.5) is 17.1 Å². The molecule has 2 aromatic carbocycles. The maximum absolute atomic E-state index is 10.2. The summed E-state index contributed by atoms with van der Waals surface area (Å²) in [6, 6.07) is 14.1. The summed E-state index contributed by atoms with van der Waals surface area (Å²) in [4.78, 5) is 12.0. The molecule has 6 nitrogen and oxygen atoms in total. The van der Waals surface area contributed by atoms with Gasteiger partial charge in [-0.25, -0.2) is 0 Å². The molecule has 0 saturated heterocycles. The van der Waals surface area contributed by atoms with E-state index in [1.54, 1.807) is 29.2 Å². The van der Waals surface area contributed by atoms with E-state index in [0.717, 1.165) is 17.1 Å². The Morgan fingerprint density at radius 2 is 1.68 bits per heavy atom. The molecule has 0 heterocycles. The van der Waals surface area contributed by atoms with Crippen molar-refractivity contribution in [2.75, 3.05) is 22.7 Å². The van der Waals surface area contributed by atoms with Crippen LogP contribution in [0.15, 0.2) is 48.5 Å². The molecule has 2 rings (SSSR count). The van der Waals surface area contributed by atoms with E-state index in [-0.39, 0.29) is 5.75 Å². The van der Waals surface area contributed by atoms with Gasteiger partial charge in [0.1, 0.15) is 5.75 Å². The lowest BCUT2D eigenvalue weighted by atomic mass is 10.3. The van der Waals surface area contributed by atoms with Crippen LogP contribution < -0.4 is 21.1 Å². The van der Waals surface area contributed by atoms with Crippen molar-refractivity contribution in [1.82, 2.24) is 5.43 Å². The Bertz CT molecular complexity index is 644. The Morgan fingerprint density at radius 3 is 2.27 bits per heavy atom. The summed E-state index contributed by atoms with van der Waals surface area (Å²) in [5.41, 5.74) is 7.53. The molecule has 0 atom stereocenters.